The summed E-state index contributed by atoms with van der Waals surface area (Å²) >= 11 is 0. The maximum atomic E-state index is 13.9. The van der Waals surface area contributed by atoms with E-state index in [-0.39, 0.29) is 43.5 Å². The summed E-state index contributed by atoms with van der Waals surface area (Å²) in [6.07, 6.45) is -0.639. The number of carboxylic acids is 1. The zero-order valence-corrected chi connectivity index (χ0v) is 29.7. The van der Waals surface area contributed by atoms with E-state index in [0.717, 1.165) is 30.3 Å². The minimum absolute atomic E-state index is 0.0415. The molecule has 1 saturated heterocycles. The minimum Gasteiger partial charge on any atom is -0.481 e. The first-order valence-corrected chi connectivity index (χ1v) is 17.7. The van der Waals surface area contributed by atoms with Gasteiger partial charge in [-0.1, -0.05) is 69.2 Å². The smallest absolute Gasteiger partial charge is 0.481 e. The van der Waals surface area contributed by atoms with Crippen LogP contribution in [0.2, 0.25) is 0 Å². The third-order valence-electron chi connectivity index (χ3n) is 12.6. The zero-order valence-electron chi connectivity index (χ0n) is 29.7. The molecule has 1 N–H and O–H groups in total. The molecule has 7 unspecified atom stereocenters. The van der Waals surface area contributed by atoms with Crippen molar-refractivity contribution in [3.8, 4) is 0 Å². The first kappa shape index (κ1) is 36.5. The fraction of sp³-hybridized carbons (Fsp3) is 0.684. The van der Waals surface area contributed by atoms with Crippen molar-refractivity contribution < 1.29 is 57.4 Å². The molecule has 12 heteroatoms. The molecule has 1 aromatic carbocycles. The number of hydrogen-bond donors (Lipinski definition) is 1. The van der Waals surface area contributed by atoms with E-state index in [9.17, 15) is 24.3 Å². The Balaban J connectivity index is 1.35. The topological polar surface area (TPSA) is 153 Å². The number of aldehydes is 1. The van der Waals surface area contributed by atoms with E-state index in [4.69, 9.17) is 33.2 Å². The number of ether oxygens (including phenoxy) is 7. The van der Waals surface area contributed by atoms with E-state index in [0.29, 0.717) is 18.8 Å². The Morgan fingerprint density at radius 2 is 1.76 bits per heavy atom. The Kier molecular flexibility index (Phi) is 10.2. The number of carboxylic acid groups (broad SMARTS) is 1. The molecule has 12 nitrogen and oxygen atoms in total. The molecule has 0 radical (unpaired) electrons. The molecule has 0 spiro atoms. The van der Waals surface area contributed by atoms with Crippen molar-refractivity contribution in [2.75, 3.05) is 27.4 Å². The van der Waals surface area contributed by atoms with Gasteiger partial charge in [0.15, 0.2) is 18.5 Å². The SMILES string of the molecule is COCC(=O)O[C@H]1[C@H](OC(=O)OCc2ccccc2)[C@H](OCC23CC4C(C)CCC4C4(C=O)CC2C=C(C(C)C)C43C(=O)O)O[C@H](C)[C@H]1OC. The van der Waals surface area contributed by atoms with E-state index in [1.807, 2.05) is 32.0 Å². The molecule has 1 aromatic rings. The minimum atomic E-state index is -1.48. The van der Waals surface area contributed by atoms with Crippen molar-refractivity contribution in [3.05, 3.63) is 47.5 Å². The number of benzene rings is 1. The van der Waals surface area contributed by atoms with Crippen LogP contribution in [0.1, 0.15) is 58.9 Å². The van der Waals surface area contributed by atoms with E-state index in [1.54, 1.807) is 19.1 Å². The summed E-state index contributed by atoms with van der Waals surface area (Å²) in [6, 6.07) is 9.07. The van der Waals surface area contributed by atoms with Gasteiger partial charge in [-0.2, -0.15) is 0 Å². The molecular formula is C38H50O12. The summed E-state index contributed by atoms with van der Waals surface area (Å²) in [4.78, 5) is 53.4. The summed E-state index contributed by atoms with van der Waals surface area (Å²) in [7, 11) is 2.79. The Hall–Kier alpha value is -3.32. The summed E-state index contributed by atoms with van der Waals surface area (Å²) in [6.45, 7) is 7.36. The zero-order chi connectivity index (χ0) is 36.0. The Morgan fingerprint density at radius 3 is 2.40 bits per heavy atom. The van der Waals surface area contributed by atoms with Crippen LogP contribution >= 0.6 is 0 Å². The Morgan fingerprint density at radius 1 is 1.02 bits per heavy atom. The highest BCUT2D eigenvalue weighted by Gasteiger charge is 2.84. The van der Waals surface area contributed by atoms with Crippen LogP contribution in [-0.2, 0) is 54.1 Å². The first-order valence-electron chi connectivity index (χ1n) is 17.7. The van der Waals surface area contributed by atoms with E-state index < -0.39 is 65.0 Å². The van der Waals surface area contributed by atoms with E-state index in [2.05, 4.69) is 13.0 Å². The molecule has 12 atom stereocenters. The number of carbonyl (C=O) groups is 4. The second-order valence-corrected chi connectivity index (χ2v) is 15.2. The maximum Gasteiger partial charge on any atom is 0.509 e. The number of fused-ring (bicyclic) bond motifs is 2. The van der Waals surface area contributed by atoms with Gasteiger partial charge in [-0.05, 0) is 61.3 Å². The number of carbonyl (C=O) groups excluding carboxylic acids is 3. The van der Waals surface area contributed by atoms with Crippen LogP contribution in [-0.4, -0.2) is 87.6 Å². The molecule has 4 fully saturated rings. The lowest BCUT2D eigenvalue weighted by molar-refractivity contribution is -0.310. The van der Waals surface area contributed by atoms with E-state index in [1.165, 1.54) is 14.2 Å². The Bertz CT molecular complexity index is 1480. The van der Waals surface area contributed by atoms with Crippen molar-refractivity contribution in [2.24, 2.45) is 45.8 Å². The molecule has 6 rings (SSSR count). The highest BCUT2D eigenvalue weighted by molar-refractivity contribution is 5.90. The molecule has 5 aliphatic rings. The van der Waals surface area contributed by atoms with Gasteiger partial charge in [0.05, 0.1) is 18.1 Å². The van der Waals surface area contributed by atoms with Crippen LogP contribution in [0.5, 0.6) is 0 Å². The van der Waals surface area contributed by atoms with Crippen LogP contribution in [0.15, 0.2) is 42.0 Å². The monoisotopic (exact) mass is 698 g/mol. The van der Waals surface area contributed by atoms with Gasteiger partial charge in [0, 0.05) is 19.6 Å². The highest BCUT2D eigenvalue weighted by Crippen LogP contribution is 2.82. The molecule has 4 bridgehead atoms. The Labute approximate surface area is 293 Å². The third kappa shape index (κ3) is 5.48. The van der Waals surface area contributed by atoms with Crippen LogP contribution in [0, 0.1) is 45.8 Å². The second-order valence-electron chi connectivity index (χ2n) is 15.2. The average Bonchev–Trinajstić information content (AvgIpc) is 3.66. The van der Waals surface area contributed by atoms with Crippen molar-refractivity contribution in [1.29, 1.82) is 0 Å². The summed E-state index contributed by atoms with van der Waals surface area (Å²) in [5.74, 6) is -1.64. The number of rotatable bonds is 13. The molecule has 1 aliphatic heterocycles. The molecule has 3 saturated carbocycles. The quantitative estimate of drug-likeness (QED) is 0.168. The number of hydrogen-bond acceptors (Lipinski definition) is 11. The molecule has 274 valence electrons. The number of methoxy groups -OCH3 is 2. The third-order valence-corrected chi connectivity index (χ3v) is 12.6. The molecule has 0 aromatic heterocycles. The molecular weight excluding hydrogens is 648 g/mol. The molecule has 50 heavy (non-hydrogen) atoms. The van der Waals surface area contributed by atoms with Gasteiger partial charge in [0.25, 0.3) is 0 Å². The fourth-order valence-electron chi connectivity index (χ4n) is 10.7. The van der Waals surface area contributed by atoms with Gasteiger partial charge in [-0.3, -0.25) is 4.79 Å². The van der Waals surface area contributed by atoms with Gasteiger partial charge in [0.1, 0.15) is 31.0 Å². The average molecular weight is 699 g/mol. The van der Waals surface area contributed by atoms with Crippen molar-refractivity contribution in [2.45, 2.75) is 90.7 Å². The standard InChI is InChI=1S/C38H50O12/c1-21(2)28-14-25-15-36(19-39)27-13-12-22(3)26(27)16-37(25,38(28,36)34(41)42)20-47-33-32(50-35(43)46-17-24-10-8-7-9-11-24)31(49-29(40)18-44-5)30(45-6)23(4)48-33/h7-11,14,19,21-23,25-27,30-33H,12-13,15-18,20H2,1-6H3,(H,41,42)/t22?,23-,25?,26?,27?,30-,31-,32+,33-,36?,37?,38?/m1/s1. The van der Waals surface area contributed by atoms with Crippen molar-refractivity contribution in [3.63, 3.8) is 0 Å². The molecule has 0 amide bonds. The lowest BCUT2D eigenvalue weighted by atomic mass is 9.43. The number of esters is 1. The molecule has 1 heterocycles. The van der Waals surface area contributed by atoms with E-state index >= 15 is 0 Å². The first-order chi connectivity index (χ1) is 23.9. The largest absolute Gasteiger partial charge is 0.509 e. The van der Waals surface area contributed by atoms with Gasteiger partial charge < -0.3 is 43.1 Å². The lowest BCUT2D eigenvalue weighted by Crippen LogP contribution is -2.65. The number of allylic oxidation sites excluding steroid dienone is 1. The van der Waals surface area contributed by atoms with Gasteiger partial charge in [-0.25, -0.2) is 9.59 Å². The predicted molar refractivity (Wildman–Crippen MR) is 176 cm³/mol. The predicted octanol–water partition coefficient (Wildman–Crippen LogP) is 4.97. The van der Waals surface area contributed by atoms with Crippen LogP contribution < -0.4 is 0 Å². The number of aliphatic carboxylic acids is 1. The van der Waals surface area contributed by atoms with Gasteiger partial charge in [-0.15, -0.1) is 0 Å². The lowest BCUT2D eigenvalue weighted by Gasteiger charge is -2.58. The van der Waals surface area contributed by atoms with Crippen molar-refractivity contribution >= 4 is 24.4 Å². The molecule has 4 aliphatic carbocycles. The second kappa shape index (κ2) is 14.0. The van der Waals surface area contributed by atoms with Crippen LogP contribution in [0.25, 0.3) is 0 Å². The van der Waals surface area contributed by atoms with Gasteiger partial charge in [0.2, 0.25) is 0 Å². The normalized spacial score (nSPS) is 39.8. The van der Waals surface area contributed by atoms with Crippen molar-refractivity contribution in [1.82, 2.24) is 0 Å². The van der Waals surface area contributed by atoms with Crippen LogP contribution in [0.3, 0.4) is 0 Å². The van der Waals surface area contributed by atoms with Crippen LogP contribution in [0.4, 0.5) is 4.79 Å². The maximum absolute atomic E-state index is 13.9. The highest BCUT2D eigenvalue weighted by atomic mass is 16.8. The summed E-state index contributed by atoms with van der Waals surface area (Å²) in [5, 5.41) is 11.4. The fourth-order valence-corrected chi connectivity index (χ4v) is 10.7. The van der Waals surface area contributed by atoms with Gasteiger partial charge >= 0.3 is 18.1 Å². The summed E-state index contributed by atoms with van der Waals surface area (Å²) in [5.41, 5.74) is -2.01. The summed E-state index contributed by atoms with van der Waals surface area (Å²) < 4.78 is 40.7.